The predicted molar refractivity (Wildman–Crippen MR) is 177 cm³/mol. The summed E-state index contributed by atoms with van der Waals surface area (Å²) in [5.74, 6) is -2.25. The van der Waals surface area contributed by atoms with E-state index in [9.17, 15) is 24.0 Å². The molecule has 0 heterocycles. The second kappa shape index (κ2) is 34.7. The molecule has 0 aromatic heterocycles. The van der Waals surface area contributed by atoms with E-state index >= 15 is 0 Å². The van der Waals surface area contributed by atoms with Gasteiger partial charge in [0.1, 0.15) is 12.3 Å². The summed E-state index contributed by atoms with van der Waals surface area (Å²) in [6.07, 6.45) is 17.9. The quantitative estimate of drug-likeness (QED) is 0.0539. The van der Waals surface area contributed by atoms with E-state index in [0.29, 0.717) is 71.9 Å². The molecule has 0 saturated carbocycles. The number of aliphatic carboxylic acids is 2. The molecule has 13 nitrogen and oxygen atoms in total. The van der Waals surface area contributed by atoms with Gasteiger partial charge in [-0.1, -0.05) is 77.0 Å². The van der Waals surface area contributed by atoms with Gasteiger partial charge in [-0.2, -0.15) is 0 Å². The first kappa shape index (κ1) is 44.4. The summed E-state index contributed by atoms with van der Waals surface area (Å²) in [5.41, 5.74) is 0. The summed E-state index contributed by atoms with van der Waals surface area (Å²) < 4.78 is 21.6. The minimum absolute atomic E-state index is 0.0167. The Kier molecular flexibility index (Phi) is 32.8. The van der Waals surface area contributed by atoms with Crippen LogP contribution < -0.4 is 10.6 Å². The first-order chi connectivity index (χ1) is 22.9. The Morgan fingerprint density at radius 2 is 0.957 bits per heavy atom. The van der Waals surface area contributed by atoms with E-state index in [4.69, 9.17) is 29.2 Å². The molecule has 0 aliphatic heterocycles. The number of rotatable bonds is 37. The van der Waals surface area contributed by atoms with Crippen molar-refractivity contribution in [1.29, 1.82) is 0 Å². The van der Waals surface area contributed by atoms with Crippen molar-refractivity contribution >= 4 is 30.0 Å². The maximum absolute atomic E-state index is 12.0. The third-order valence-electron chi connectivity index (χ3n) is 7.41. The summed E-state index contributed by atoms with van der Waals surface area (Å²) >= 11 is 0. The number of unbranched alkanes of at least 4 members (excludes halogenated alkanes) is 13. The van der Waals surface area contributed by atoms with Crippen LogP contribution in [0.4, 0.5) is 0 Å². The van der Waals surface area contributed by atoms with Crippen molar-refractivity contribution in [3.8, 4) is 0 Å². The van der Waals surface area contributed by atoms with Crippen LogP contribution in [0.25, 0.3) is 0 Å². The van der Waals surface area contributed by atoms with Crippen LogP contribution in [-0.2, 0) is 42.9 Å². The Balaban J connectivity index is 3.31. The summed E-state index contributed by atoms with van der Waals surface area (Å²) in [4.78, 5) is 55.7. The lowest BCUT2D eigenvalue weighted by Crippen LogP contribution is -2.41. The lowest BCUT2D eigenvalue weighted by Gasteiger charge is -2.13. The molecule has 274 valence electrons. The van der Waals surface area contributed by atoms with Gasteiger partial charge in [-0.3, -0.25) is 14.4 Å². The fraction of sp³-hybridized carbons (Fsp3) is 0.853. The molecule has 0 spiro atoms. The fourth-order valence-corrected chi connectivity index (χ4v) is 4.72. The van der Waals surface area contributed by atoms with Crippen molar-refractivity contribution < 1.29 is 53.1 Å². The fourth-order valence-electron chi connectivity index (χ4n) is 4.72. The first-order valence-corrected chi connectivity index (χ1v) is 17.6. The number of hydrogen-bond acceptors (Lipinski definition) is 9. The van der Waals surface area contributed by atoms with E-state index in [-0.39, 0.29) is 31.8 Å². The van der Waals surface area contributed by atoms with Gasteiger partial charge in [-0.05, 0) is 19.3 Å². The van der Waals surface area contributed by atoms with Crippen LogP contribution in [0.1, 0.15) is 122 Å². The Hall–Kier alpha value is -2.61. The second-order valence-corrected chi connectivity index (χ2v) is 11.6. The van der Waals surface area contributed by atoms with Crippen molar-refractivity contribution in [2.24, 2.45) is 0 Å². The molecule has 2 amide bonds. The van der Waals surface area contributed by atoms with Crippen molar-refractivity contribution in [2.45, 2.75) is 128 Å². The molecule has 0 unspecified atom stereocenters. The number of nitrogens with one attached hydrogen (secondary N) is 2. The van der Waals surface area contributed by atoms with Gasteiger partial charge in [0.05, 0.1) is 52.9 Å². The minimum atomic E-state index is -1.18. The molecule has 4 N–H and O–H groups in total. The van der Waals surface area contributed by atoms with Crippen LogP contribution >= 0.6 is 0 Å². The number of amides is 2. The Bertz CT molecular complexity index is 798. The summed E-state index contributed by atoms with van der Waals surface area (Å²) in [6.45, 7) is 3.31. The Labute approximate surface area is 281 Å². The van der Waals surface area contributed by atoms with Gasteiger partial charge in [0.2, 0.25) is 11.8 Å². The second-order valence-electron chi connectivity index (χ2n) is 11.6. The summed E-state index contributed by atoms with van der Waals surface area (Å²) in [5, 5.41) is 22.9. The van der Waals surface area contributed by atoms with Crippen molar-refractivity contribution in [1.82, 2.24) is 10.6 Å². The maximum atomic E-state index is 12.0. The third-order valence-corrected chi connectivity index (χ3v) is 7.41. The highest BCUT2D eigenvalue weighted by molar-refractivity contribution is 5.83. The SMILES string of the molecule is O=CCC[C@H](NC(=O)CCOCCOCCOCCOCCNC(=O)CCCCCCCCCCCCCCCCC(=O)O)C(=O)O. The summed E-state index contributed by atoms with van der Waals surface area (Å²) in [7, 11) is 0. The number of ether oxygens (including phenoxy) is 4. The van der Waals surface area contributed by atoms with Gasteiger partial charge >= 0.3 is 11.9 Å². The molecule has 0 bridgehead atoms. The molecular weight excluding hydrogens is 612 g/mol. The molecule has 0 rings (SSSR count). The number of hydrogen-bond donors (Lipinski definition) is 4. The number of carbonyl (C=O) groups is 5. The van der Waals surface area contributed by atoms with Crippen molar-refractivity contribution in [2.75, 3.05) is 59.4 Å². The average Bonchev–Trinajstić information content (AvgIpc) is 3.04. The van der Waals surface area contributed by atoms with E-state index in [1.165, 1.54) is 57.8 Å². The smallest absolute Gasteiger partial charge is 0.326 e. The van der Waals surface area contributed by atoms with E-state index in [0.717, 1.165) is 32.1 Å². The molecule has 1 atom stereocenters. The predicted octanol–water partition coefficient (Wildman–Crippen LogP) is 4.43. The van der Waals surface area contributed by atoms with Gasteiger partial charge < -0.3 is 44.6 Å². The van der Waals surface area contributed by atoms with Crippen LogP contribution in [0.2, 0.25) is 0 Å². The molecule has 0 radical (unpaired) electrons. The molecular formula is C34H62N2O11. The number of carbonyl (C=O) groups excluding carboxylic acids is 3. The molecule has 0 aromatic rings. The highest BCUT2D eigenvalue weighted by Gasteiger charge is 2.19. The zero-order chi connectivity index (χ0) is 34.6. The molecule has 0 fully saturated rings. The van der Waals surface area contributed by atoms with Gasteiger partial charge in [0.15, 0.2) is 0 Å². The van der Waals surface area contributed by atoms with Crippen LogP contribution in [0.3, 0.4) is 0 Å². The molecule has 0 saturated heterocycles. The van der Waals surface area contributed by atoms with E-state index in [1.54, 1.807) is 0 Å². The zero-order valence-corrected chi connectivity index (χ0v) is 28.5. The van der Waals surface area contributed by atoms with Gasteiger partial charge in [-0.25, -0.2) is 4.79 Å². The molecule has 47 heavy (non-hydrogen) atoms. The van der Waals surface area contributed by atoms with E-state index in [1.807, 2.05) is 0 Å². The summed E-state index contributed by atoms with van der Waals surface area (Å²) in [6, 6.07) is -1.08. The number of aldehydes is 1. The van der Waals surface area contributed by atoms with Gasteiger partial charge in [-0.15, -0.1) is 0 Å². The average molecular weight is 675 g/mol. The van der Waals surface area contributed by atoms with Crippen LogP contribution in [-0.4, -0.2) is 106 Å². The Morgan fingerprint density at radius 3 is 1.40 bits per heavy atom. The molecule has 13 heteroatoms. The Morgan fingerprint density at radius 1 is 0.532 bits per heavy atom. The van der Waals surface area contributed by atoms with Crippen molar-refractivity contribution in [3.63, 3.8) is 0 Å². The topological polar surface area (TPSA) is 187 Å². The highest BCUT2D eigenvalue weighted by Crippen LogP contribution is 2.13. The highest BCUT2D eigenvalue weighted by atomic mass is 16.6. The van der Waals surface area contributed by atoms with Crippen LogP contribution in [0.5, 0.6) is 0 Å². The molecule has 0 aromatic carbocycles. The van der Waals surface area contributed by atoms with Crippen LogP contribution in [0.15, 0.2) is 0 Å². The first-order valence-electron chi connectivity index (χ1n) is 17.6. The van der Waals surface area contributed by atoms with Gasteiger partial charge in [0.25, 0.3) is 0 Å². The van der Waals surface area contributed by atoms with Crippen molar-refractivity contribution in [3.05, 3.63) is 0 Å². The van der Waals surface area contributed by atoms with E-state index in [2.05, 4.69) is 10.6 Å². The monoisotopic (exact) mass is 674 g/mol. The van der Waals surface area contributed by atoms with E-state index < -0.39 is 23.9 Å². The maximum Gasteiger partial charge on any atom is 0.326 e. The van der Waals surface area contributed by atoms with Gasteiger partial charge in [0, 0.05) is 32.2 Å². The number of carboxylic acids is 2. The molecule has 0 aliphatic carbocycles. The minimum Gasteiger partial charge on any atom is -0.481 e. The largest absolute Gasteiger partial charge is 0.481 e. The third kappa shape index (κ3) is 34.5. The molecule has 0 aliphatic rings. The number of carboxylic acid groups (broad SMARTS) is 2. The van der Waals surface area contributed by atoms with Crippen LogP contribution in [0, 0.1) is 0 Å². The lowest BCUT2D eigenvalue weighted by molar-refractivity contribution is -0.142. The zero-order valence-electron chi connectivity index (χ0n) is 28.5. The standard InChI is InChI=1S/C34H62N2O11/c37-21-15-16-30(34(42)43)36-32(39)19-22-44-24-26-46-28-29-47-27-25-45-23-20-35-31(38)17-13-11-9-7-5-3-1-2-4-6-8-10-12-14-18-33(40)41/h21,30H,1-20,22-29H2,(H,35,38)(H,36,39)(H,40,41)(H,42,43)/t30-/m0/s1. The normalized spacial score (nSPS) is 11.7. The lowest BCUT2D eigenvalue weighted by atomic mass is 10.0.